The molecule has 0 aliphatic carbocycles. The van der Waals surface area contributed by atoms with Gasteiger partial charge >= 0.3 is 0 Å². The maximum atomic E-state index is 10.6. The van der Waals surface area contributed by atoms with Crippen molar-refractivity contribution in [3.63, 3.8) is 0 Å². The van der Waals surface area contributed by atoms with Gasteiger partial charge in [0.25, 0.3) is 0 Å². The van der Waals surface area contributed by atoms with Crippen molar-refractivity contribution >= 4 is 40.4 Å². The van der Waals surface area contributed by atoms with Crippen LogP contribution in [0.25, 0.3) is 0 Å². The number of hydrogen-bond donors (Lipinski definition) is 1. The van der Waals surface area contributed by atoms with E-state index in [4.69, 9.17) is 23.2 Å². The summed E-state index contributed by atoms with van der Waals surface area (Å²) in [5, 5.41) is 2.69. The fraction of sp³-hybridized carbons (Fsp3) is 0.375. The topological polar surface area (TPSA) is 29.1 Å². The molecule has 0 spiro atoms. The predicted octanol–water partition coefficient (Wildman–Crippen LogP) is 2.73. The third-order valence-corrected chi connectivity index (χ3v) is 3.06. The zero-order valence-corrected chi connectivity index (χ0v) is 9.39. The van der Waals surface area contributed by atoms with E-state index in [9.17, 15) is 4.79 Å². The first-order valence-electron chi connectivity index (χ1n) is 3.77. The minimum atomic E-state index is -0.0301. The third-order valence-electron chi connectivity index (χ3n) is 1.50. The minimum Gasteiger partial charge on any atom is -0.356 e. The summed E-state index contributed by atoms with van der Waals surface area (Å²) in [4.78, 5) is 10.6. The van der Waals surface area contributed by atoms with Crippen LogP contribution in [0.2, 0.25) is 8.67 Å². The molecule has 0 saturated heterocycles. The van der Waals surface area contributed by atoms with Gasteiger partial charge in [-0.05, 0) is 18.1 Å². The highest BCUT2D eigenvalue weighted by Gasteiger charge is 2.05. The quantitative estimate of drug-likeness (QED) is 0.861. The molecule has 0 radical (unpaired) electrons. The zero-order valence-electron chi connectivity index (χ0n) is 7.06. The van der Waals surface area contributed by atoms with Gasteiger partial charge in [-0.1, -0.05) is 23.2 Å². The van der Waals surface area contributed by atoms with Gasteiger partial charge in [-0.15, -0.1) is 11.3 Å². The molecule has 13 heavy (non-hydrogen) atoms. The van der Waals surface area contributed by atoms with Crippen molar-refractivity contribution in [3.8, 4) is 0 Å². The number of hydrogen-bond acceptors (Lipinski definition) is 2. The van der Waals surface area contributed by atoms with E-state index in [1.165, 1.54) is 18.3 Å². The SMILES string of the molecule is CC(=O)NCCc1cc(Cl)sc1Cl. The second-order valence-corrected chi connectivity index (χ2v) is 4.87. The second kappa shape index (κ2) is 4.84. The molecule has 0 aliphatic rings. The minimum absolute atomic E-state index is 0.0301. The molecular formula is C8H9Cl2NOS. The lowest BCUT2D eigenvalue weighted by Gasteiger charge is -1.99. The van der Waals surface area contributed by atoms with Crippen LogP contribution in [0.4, 0.5) is 0 Å². The maximum Gasteiger partial charge on any atom is 0.216 e. The molecule has 0 saturated carbocycles. The fourth-order valence-electron chi connectivity index (χ4n) is 0.918. The van der Waals surface area contributed by atoms with Crippen molar-refractivity contribution in [3.05, 3.63) is 20.3 Å². The molecule has 0 aliphatic heterocycles. The van der Waals surface area contributed by atoms with Crippen LogP contribution >= 0.6 is 34.5 Å². The van der Waals surface area contributed by atoms with E-state index < -0.39 is 0 Å². The van der Waals surface area contributed by atoms with E-state index in [2.05, 4.69) is 5.32 Å². The Morgan fingerprint density at radius 3 is 2.77 bits per heavy atom. The highest BCUT2D eigenvalue weighted by Crippen LogP contribution is 2.31. The van der Waals surface area contributed by atoms with Gasteiger partial charge in [0, 0.05) is 13.5 Å². The standard InChI is InChI=1S/C8H9Cl2NOS/c1-5(12)11-3-2-6-4-7(9)13-8(6)10/h4H,2-3H2,1H3,(H,11,12). The van der Waals surface area contributed by atoms with E-state index in [0.717, 1.165) is 12.0 Å². The molecule has 1 amide bonds. The molecule has 0 unspecified atom stereocenters. The van der Waals surface area contributed by atoms with Crippen LogP contribution in [0.5, 0.6) is 0 Å². The number of rotatable bonds is 3. The van der Waals surface area contributed by atoms with Gasteiger partial charge in [0.15, 0.2) is 0 Å². The Hall–Kier alpha value is -0.250. The second-order valence-electron chi connectivity index (χ2n) is 2.58. The van der Waals surface area contributed by atoms with Crippen molar-refractivity contribution in [1.82, 2.24) is 5.32 Å². The summed E-state index contributed by atoms with van der Waals surface area (Å²) in [7, 11) is 0. The maximum absolute atomic E-state index is 10.6. The van der Waals surface area contributed by atoms with E-state index >= 15 is 0 Å². The van der Waals surface area contributed by atoms with Crippen molar-refractivity contribution in [2.45, 2.75) is 13.3 Å². The summed E-state index contributed by atoms with van der Waals surface area (Å²) < 4.78 is 1.39. The molecule has 1 aromatic heterocycles. The number of carbonyl (C=O) groups excluding carboxylic acids is 1. The molecule has 5 heteroatoms. The number of nitrogens with one attached hydrogen (secondary N) is 1. The van der Waals surface area contributed by atoms with Crippen LogP contribution in [0, 0.1) is 0 Å². The molecule has 72 valence electrons. The number of amides is 1. The molecule has 0 bridgehead atoms. The molecule has 1 aromatic rings. The van der Waals surface area contributed by atoms with Gasteiger partial charge in [0.2, 0.25) is 5.91 Å². The Balaban J connectivity index is 2.45. The van der Waals surface area contributed by atoms with Gasteiger partial charge in [-0.25, -0.2) is 0 Å². The highest BCUT2D eigenvalue weighted by molar-refractivity contribution is 7.20. The Morgan fingerprint density at radius 2 is 2.31 bits per heavy atom. The number of thiophene rings is 1. The van der Waals surface area contributed by atoms with Gasteiger partial charge in [-0.3, -0.25) is 4.79 Å². The van der Waals surface area contributed by atoms with Crippen LogP contribution in [0.15, 0.2) is 6.07 Å². The summed E-state index contributed by atoms with van der Waals surface area (Å²) in [6.07, 6.45) is 0.724. The van der Waals surface area contributed by atoms with Crippen LogP contribution in [0.3, 0.4) is 0 Å². The van der Waals surface area contributed by atoms with Crippen LogP contribution < -0.4 is 5.32 Å². The van der Waals surface area contributed by atoms with Crippen molar-refractivity contribution in [2.24, 2.45) is 0 Å². The smallest absolute Gasteiger partial charge is 0.216 e. The lowest BCUT2D eigenvalue weighted by atomic mass is 10.2. The van der Waals surface area contributed by atoms with E-state index in [0.29, 0.717) is 15.2 Å². The average Bonchev–Trinajstić information content (AvgIpc) is 2.29. The molecule has 1 N–H and O–H groups in total. The first-order valence-corrected chi connectivity index (χ1v) is 5.35. The zero-order chi connectivity index (χ0) is 9.84. The Morgan fingerprint density at radius 1 is 1.62 bits per heavy atom. The van der Waals surface area contributed by atoms with Gasteiger partial charge < -0.3 is 5.32 Å². The number of halogens is 2. The average molecular weight is 238 g/mol. The lowest BCUT2D eigenvalue weighted by molar-refractivity contribution is -0.118. The van der Waals surface area contributed by atoms with Gasteiger partial charge in [0.1, 0.15) is 0 Å². The molecule has 0 aromatic carbocycles. The molecule has 1 heterocycles. The molecule has 2 nitrogen and oxygen atoms in total. The van der Waals surface area contributed by atoms with E-state index in [-0.39, 0.29) is 5.91 Å². The lowest BCUT2D eigenvalue weighted by Crippen LogP contribution is -2.22. The van der Waals surface area contributed by atoms with Crippen LogP contribution in [-0.2, 0) is 11.2 Å². The summed E-state index contributed by atoms with van der Waals surface area (Å²) in [5.74, 6) is -0.0301. The molecule has 1 rings (SSSR count). The molecule has 0 atom stereocenters. The normalized spacial score (nSPS) is 10.1. The Kier molecular flexibility index (Phi) is 4.03. The Bertz CT molecular complexity index is 311. The van der Waals surface area contributed by atoms with Crippen molar-refractivity contribution in [1.29, 1.82) is 0 Å². The van der Waals surface area contributed by atoms with Crippen molar-refractivity contribution in [2.75, 3.05) is 6.54 Å². The highest BCUT2D eigenvalue weighted by atomic mass is 35.5. The summed E-state index contributed by atoms with van der Waals surface area (Å²) in [6, 6.07) is 1.83. The summed E-state index contributed by atoms with van der Waals surface area (Å²) >= 11 is 13.0. The van der Waals surface area contributed by atoms with Crippen molar-refractivity contribution < 1.29 is 4.79 Å². The monoisotopic (exact) mass is 237 g/mol. The van der Waals surface area contributed by atoms with E-state index in [1.807, 2.05) is 6.07 Å². The Labute approximate surface area is 90.8 Å². The fourth-order valence-corrected chi connectivity index (χ4v) is 2.46. The van der Waals surface area contributed by atoms with Crippen LogP contribution in [0.1, 0.15) is 12.5 Å². The summed E-state index contributed by atoms with van der Waals surface area (Å²) in [6.45, 7) is 2.09. The van der Waals surface area contributed by atoms with Gasteiger partial charge in [-0.2, -0.15) is 0 Å². The van der Waals surface area contributed by atoms with E-state index in [1.54, 1.807) is 0 Å². The largest absolute Gasteiger partial charge is 0.356 e. The van der Waals surface area contributed by atoms with Crippen LogP contribution in [-0.4, -0.2) is 12.5 Å². The number of carbonyl (C=O) groups is 1. The predicted molar refractivity (Wildman–Crippen MR) is 56.7 cm³/mol. The molecular weight excluding hydrogens is 229 g/mol. The summed E-state index contributed by atoms with van der Waals surface area (Å²) in [5.41, 5.74) is 0.991. The van der Waals surface area contributed by atoms with Gasteiger partial charge in [0.05, 0.1) is 8.67 Å². The first kappa shape index (κ1) is 10.8. The first-order chi connectivity index (χ1) is 6.09. The third kappa shape index (κ3) is 3.55. The molecule has 0 fully saturated rings.